The van der Waals surface area contributed by atoms with Gasteiger partial charge in [-0.1, -0.05) is 11.6 Å². The van der Waals surface area contributed by atoms with Crippen molar-refractivity contribution in [1.29, 1.82) is 0 Å². The Labute approximate surface area is 131 Å². The molecular weight excluding hydrogens is 274 g/mol. The van der Waals surface area contributed by atoms with Crippen LogP contribution in [-0.4, -0.2) is 42.5 Å². The highest BCUT2D eigenvalue weighted by Gasteiger charge is 2.19. The molecule has 1 aliphatic heterocycles. The summed E-state index contributed by atoms with van der Waals surface area (Å²) < 4.78 is 0. The Bertz CT molecular complexity index is 689. The summed E-state index contributed by atoms with van der Waals surface area (Å²) in [6, 6.07) is 6.25. The van der Waals surface area contributed by atoms with Crippen LogP contribution in [0.2, 0.25) is 0 Å². The zero-order valence-electron chi connectivity index (χ0n) is 13.7. The monoisotopic (exact) mass is 299 g/mol. The summed E-state index contributed by atoms with van der Waals surface area (Å²) in [5.41, 5.74) is 3.99. The number of nitrogens with one attached hydrogen (secondary N) is 2. The number of piperidine rings is 1. The van der Waals surface area contributed by atoms with Gasteiger partial charge in [0.05, 0.1) is 0 Å². The van der Waals surface area contributed by atoms with E-state index in [1.807, 2.05) is 13.0 Å². The number of carbonyl (C=O) groups excluding carboxylic acids is 1. The highest BCUT2D eigenvalue weighted by molar-refractivity contribution is 6.01. The van der Waals surface area contributed by atoms with Gasteiger partial charge in [0.1, 0.15) is 5.69 Å². The van der Waals surface area contributed by atoms with Crippen LogP contribution in [0, 0.1) is 19.8 Å². The molecule has 1 unspecified atom stereocenters. The molecular formula is C18H25N3O. The molecule has 0 radical (unpaired) electrons. The second kappa shape index (κ2) is 6.13. The van der Waals surface area contributed by atoms with Crippen molar-refractivity contribution < 1.29 is 4.79 Å². The average molecular weight is 299 g/mol. The van der Waals surface area contributed by atoms with Gasteiger partial charge in [0.2, 0.25) is 0 Å². The first-order chi connectivity index (χ1) is 10.5. The molecule has 1 saturated heterocycles. The average Bonchev–Trinajstić information content (AvgIpc) is 2.82. The van der Waals surface area contributed by atoms with Gasteiger partial charge in [0.15, 0.2) is 0 Å². The quantitative estimate of drug-likeness (QED) is 0.915. The fraction of sp³-hybridized carbons (Fsp3) is 0.500. The van der Waals surface area contributed by atoms with Gasteiger partial charge in [0, 0.05) is 24.0 Å². The number of rotatable bonds is 3. The maximum Gasteiger partial charge on any atom is 0.268 e. The smallest absolute Gasteiger partial charge is 0.268 e. The molecule has 22 heavy (non-hydrogen) atoms. The van der Waals surface area contributed by atoms with E-state index >= 15 is 0 Å². The first-order valence-corrected chi connectivity index (χ1v) is 8.10. The number of carbonyl (C=O) groups is 1. The lowest BCUT2D eigenvalue weighted by atomic mass is 9.98. The van der Waals surface area contributed by atoms with E-state index in [0.29, 0.717) is 11.6 Å². The second-order valence-corrected chi connectivity index (χ2v) is 6.65. The summed E-state index contributed by atoms with van der Waals surface area (Å²) in [5, 5.41) is 4.25. The van der Waals surface area contributed by atoms with Crippen LogP contribution < -0.4 is 5.32 Å². The first kappa shape index (κ1) is 15.1. The molecule has 2 heterocycles. The SMILES string of the molecule is Cc1ccc2[nH]c(C(=O)NCC3CCCN(C)C3)c(C)c2c1. The Balaban J connectivity index is 1.71. The van der Waals surface area contributed by atoms with Crippen LogP contribution >= 0.6 is 0 Å². The maximum absolute atomic E-state index is 12.5. The molecule has 0 saturated carbocycles. The zero-order chi connectivity index (χ0) is 15.7. The number of likely N-dealkylation sites (tertiary alicyclic amines) is 1. The van der Waals surface area contributed by atoms with E-state index in [2.05, 4.69) is 41.3 Å². The Morgan fingerprint density at radius 1 is 1.41 bits per heavy atom. The van der Waals surface area contributed by atoms with Crippen molar-refractivity contribution in [3.8, 4) is 0 Å². The van der Waals surface area contributed by atoms with Crippen molar-refractivity contribution in [3.05, 3.63) is 35.0 Å². The predicted octanol–water partition coefficient (Wildman–Crippen LogP) is 2.86. The normalized spacial score (nSPS) is 19.5. The lowest BCUT2D eigenvalue weighted by molar-refractivity contribution is 0.0932. The van der Waals surface area contributed by atoms with Crippen LogP contribution in [0.4, 0.5) is 0 Å². The summed E-state index contributed by atoms with van der Waals surface area (Å²) in [5.74, 6) is 0.578. The number of fused-ring (bicyclic) bond motifs is 1. The standard InChI is InChI=1S/C18H25N3O/c1-12-6-7-16-15(9-12)13(2)17(20-16)18(22)19-10-14-5-4-8-21(3)11-14/h6-7,9,14,20H,4-5,8,10-11H2,1-3H3,(H,19,22). The number of aryl methyl sites for hydroxylation is 2. The van der Waals surface area contributed by atoms with Crippen LogP contribution in [0.1, 0.15) is 34.5 Å². The predicted molar refractivity (Wildman–Crippen MR) is 90.3 cm³/mol. The van der Waals surface area contributed by atoms with Crippen molar-refractivity contribution in [3.63, 3.8) is 0 Å². The van der Waals surface area contributed by atoms with Crippen LogP contribution in [0.25, 0.3) is 10.9 Å². The molecule has 1 fully saturated rings. The van der Waals surface area contributed by atoms with Gasteiger partial charge >= 0.3 is 0 Å². The lowest BCUT2D eigenvalue weighted by Gasteiger charge is -2.29. The van der Waals surface area contributed by atoms with E-state index in [0.717, 1.165) is 29.6 Å². The zero-order valence-corrected chi connectivity index (χ0v) is 13.7. The molecule has 0 bridgehead atoms. The van der Waals surface area contributed by atoms with E-state index in [4.69, 9.17) is 0 Å². The first-order valence-electron chi connectivity index (χ1n) is 8.10. The molecule has 1 aromatic heterocycles. The number of hydrogen-bond donors (Lipinski definition) is 2. The molecule has 118 valence electrons. The molecule has 1 amide bonds. The summed E-state index contributed by atoms with van der Waals surface area (Å²) in [6.45, 7) is 7.10. The maximum atomic E-state index is 12.5. The van der Waals surface area contributed by atoms with Crippen molar-refractivity contribution >= 4 is 16.8 Å². The van der Waals surface area contributed by atoms with Crippen LogP contribution in [-0.2, 0) is 0 Å². The molecule has 3 rings (SSSR count). The molecule has 1 aromatic carbocycles. The third kappa shape index (κ3) is 3.02. The van der Waals surface area contributed by atoms with Crippen molar-refractivity contribution in [2.75, 3.05) is 26.7 Å². The number of aromatic nitrogens is 1. The fourth-order valence-electron chi connectivity index (χ4n) is 3.43. The van der Waals surface area contributed by atoms with Gasteiger partial charge < -0.3 is 15.2 Å². The van der Waals surface area contributed by atoms with E-state index in [9.17, 15) is 4.79 Å². The van der Waals surface area contributed by atoms with Crippen LogP contribution in [0.5, 0.6) is 0 Å². The van der Waals surface area contributed by atoms with Gasteiger partial charge in [-0.05, 0) is 63.9 Å². The molecule has 4 nitrogen and oxygen atoms in total. The van der Waals surface area contributed by atoms with Crippen molar-refractivity contribution in [1.82, 2.24) is 15.2 Å². The summed E-state index contributed by atoms with van der Waals surface area (Å²) in [6.07, 6.45) is 2.43. The van der Waals surface area contributed by atoms with E-state index < -0.39 is 0 Å². The molecule has 2 N–H and O–H groups in total. The number of amides is 1. The highest BCUT2D eigenvalue weighted by atomic mass is 16.1. The van der Waals surface area contributed by atoms with Crippen LogP contribution in [0.3, 0.4) is 0 Å². The van der Waals surface area contributed by atoms with Gasteiger partial charge in [-0.3, -0.25) is 4.79 Å². The Morgan fingerprint density at radius 2 is 2.23 bits per heavy atom. The highest BCUT2D eigenvalue weighted by Crippen LogP contribution is 2.23. The minimum Gasteiger partial charge on any atom is -0.350 e. The van der Waals surface area contributed by atoms with Gasteiger partial charge in [0.25, 0.3) is 5.91 Å². The fourth-order valence-corrected chi connectivity index (χ4v) is 3.43. The minimum atomic E-state index is 0.0135. The molecule has 0 spiro atoms. The molecule has 1 aliphatic rings. The molecule has 0 aliphatic carbocycles. The number of benzene rings is 1. The minimum absolute atomic E-state index is 0.0135. The summed E-state index contributed by atoms with van der Waals surface area (Å²) in [4.78, 5) is 18.1. The number of aromatic amines is 1. The van der Waals surface area contributed by atoms with E-state index in [1.54, 1.807) is 0 Å². The van der Waals surface area contributed by atoms with Gasteiger partial charge in [-0.15, -0.1) is 0 Å². The lowest BCUT2D eigenvalue weighted by Crippen LogP contribution is -2.39. The molecule has 4 heteroatoms. The topological polar surface area (TPSA) is 48.1 Å². The third-order valence-corrected chi connectivity index (χ3v) is 4.71. The van der Waals surface area contributed by atoms with E-state index in [-0.39, 0.29) is 5.91 Å². The second-order valence-electron chi connectivity index (χ2n) is 6.65. The van der Waals surface area contributed by atoms with E-state index in [1.165, 1.54) is 24.9 Å². The Kier molecular flexibility index (Phi) is 4.21. The van der Waals surface area contributed by atoms with Crippen LogP contribution in [0.15, 0.2) is 18.2 Å². The Morgan fingerprint density at radius 3 is 3.00 bits per heavy atom. The summed E-state index contributed by atoms with van der Waals surface area (Å²) in [7, 11) is 2.15. The number of H-pyrrole nitrogens is 1. The molecule has 1 atom stereocenters. The third-order valence-electron chi connectivity index (χ3n) is 4.71. The number of hydrogen-bond acceptors (Lipinski definition) is 2. The molecule has 2 aromatic rings. The summed E-state index contributed by atoms with van der Waals surface area (Å²) >= 11 is 0. The van der Waals surface area contributed by atoms with Crippen molar-refractivity contribution in [2.45, 2.75) is 26.7 Å². The largest absolute Gasteiger partial charge is 0.350 e. The van der Waals surface area contributed by atoms with Crippen molar-refractivity contribution in [2.24, 2.45) is 5.92 Å². The Hall–Kier alpha value is -1.81. The number of nitrogens with zero attached hydrogens (tertiary/aromatic N) is 1. The van der Waals surface area contributed by atoms with Gasteiger partial charge in [-0.25, -0.2) is 0 Å². The van der Waals surface area contributed by atoms with Gasteiger partial charge in [-0.2, -0.15) is 0 Å².